The highest BCUT2D eigenvalue weighted by Gasteiger charge is 2.22. The third-order valence-corrected chi connectivity index (χ3v) is 5.38. The molecule has 4 nitrogen and oxygen atoms in total. The molecule has 0 radical (unpaired) electrons. The van der Waals surface area contributed by atoms with Crippen LogP contribution in [0.2, 0.25) is 0 Å². The Hall–Kier alpha value is -1.23. The minimum absolute atomic E-state index is 0.503. The second-order valence-electron chi connectivity index (χ2n) is 5.68. The molecule has 1 aliphatic rings. The van der Waals surface area contributed by atoms with Crippen molar-refractivity contribution in [1.29, 1.82) is 0 Å². The number of hydrogen-bond donors (Lipinski definition) is 0. The predicted molar refractivity (Wildman–Crippen MR) is 82.2 cm³/mol. The maximum absolute atomic E-state index is 4.29. The maximum Gasteiger partial charge on any atom is 0.159 e. The van der Waals surface area contributed by atoms with Crippen LogP contribution < -0.4 is 0 Å². The number of tetrazole rings is 1. The van der Waals surface area contributed by atoms with Crippen LogP contribution in [-0.2, 0) is 0 Å². The second kappa shape index (κ2) is 5.64. The Morgan fingerprint density at radius 1 is 1.10 bits per heavy atom. The van der Waals surface area contributed by atoms with Crippen LogP contribution in [0.5, 0.6) is 0 Å². The van der Waals surface area contributed by atoms with E-state index in [1.807, 2.05) is 4.68 Å². The van der Waals surface area contributed by atoms with Gasteiger partial charge in [0.15, 0.2) is 5.82 Å². The largest absolute Gasteiger partial charge is 0.197 e. The molecule has 0 N–H and O–H groups in total. The zero-order valence-electron chi connectivity index (χ0n) is 11.9. The van der Waals surface area contributed by atoms with Crippen molar-refractivity contribution in [3.8, 4) is 5.69 Å². The number of rotatable bonds is 2. The van der Waals surface area contributed by atoms with Crippen LogP contribution in [0.3, 0.4) is 0 Å². The topological polar surface area (TPSA) is 43.6 Å². The fourth-order valence-corrected chi connectivity index (χ4v) is 3.27. The predicted octanol–water partition coefficient (Wildman–Crippen LogP) is 4.09. The summed E-state index contributed by atoms with van der Waals surface area (Å²) in [6.07, 6.45) is 6.32. The molecule has 0 aliphatic heterocycles. The quantitative estimate of drug-likeness (QED) is 0.830. The summed E-state index contributed by atoms with van der Waals surface area (Å²) in [7, 11) is 0. The van der Waals surface area contributed by atoms with Gasteiger partial charge in [0.1, 0.15) is 0 Å². The summed E-state index contributed by atoms with van der Waals surface area (Å²) in [6.45, 7) is 4.20. The Bertz CT molecular complexity index is 591. The fraction of sp³-hybridized carbons (Fsp3) is 0.533. The molecular formula is C15H19BrN4. The highest BCUT2D eigenvalue weighted by atomic mass is 79.9. The molecule has 20 heavy (non-hydrogen) atoms. The van der Waals surface area contributed by atoms with Crippen molar-refractivity contribution in [3.63, 3.8) is 0 Å². The van der Waals surface area contributed by atoms with E-state index < -0.39 is 0 Å². The molecule has 1 heterocycles. The van der Waals surface area contributed by atoms with Gasteiger partial charge in [-0.25, -0.2) is 0 Å². The summed E-state index contributed by atoms with van der Waals surface area (Å²) < 4.78 is 3.08. The van der Waals surface area contributed by atoms with Crippen molar-refractivity contribution in [2.75, 3.05) is 0 Å². The Morgan fingerprint density at radius 3 is 2.40 bits per heavy atom. The molecule has 0 bridgehead atoms. The Balaban J connectivity index is 2.00. The molecule has 1 aromatic carbocycles. The first kappa shape index (κ1) is 13.7. The lowest BCUT2D eigenvalue weighted by Gasteiger charge is -2.20. The van der Waals surface area contributed by atoms with Gasteiger partial charge in [0.2, 0.25) is 0 Å². The molecule has 5 heteroatoms. The monoisotopic (exact) mass is 334 g/mol. The van der Waals surface area contributed by atoms with Crippen LogP contribution in [0, 0.1) is 13.8 Å². The van der Waals surface area contributed by atoms with E-state index in [4.69, 9.17) is 0 Å². The van der Waals surface area contributed by atoms with Gasteiger partial charge >= 0.3 is 0 Å². The molecule has 0 unspecified atom stereocenters. The van der Waals surface area contributed by atoms with Crippen molar-refractivity contribution in [2.24, 2.45) is 0 Å². The molecule has 1 fully saturated rings. The first-order valence-electron chi connectivity index (χ1n) is 7.22. The lowest BCUT2D eigenvalue weighted by Crippen LogP contribution is -2.12. The average molecular weight is 335 g/mol. The SMILES string of the molecule is Cc1cc(-n2nnnc2C2CCCCC2)cc(C)c1Br. The first-order valence-corrected chi connectivity index (χ1v) is 8.01. The molecule has 1 aliphatic carbocycles. The van der Waals surface area contributed by atoms with Crippen molar-refractivity contribution >= 4 is 15.9 Å². The van der Waals surface area contributed by atoms with E-state index in [0.29, 0.717) is 5.92 Å². The van der Waals surface area contributed by atoms with Gasteiger partial charge in [0.05, 0.1) is 5.69 Å². The van der Waals surface area contributed by atoms with Gasteiger partial charge in [-0.15, -0.1) is 5.10 Å². The third-order valence-electron chi connectivity index (χ3n) is 4.13. The maximum atomic E-state index is 4.29. The molecule has 0 atom stereocenters. The van der Waals surface area contributed by atoms with Crippen LogP contribution in [0.25, 0.3) is 5.69 Å². The van der Waals surface area contributed by atoms with E-state index in [-0.39, 0.29) is 0 Å². The Kier molecular flexibility index (Phi) is 3.87. The van der Waals surface area contributed by atoms with E-state index in [1.165, 1.54) is 43.2 Å². The number of hydrogen-bond acceptors (Lipinski definition) is 3. The average Bonchev–Trinajstić information content (AvgIpc) is 2.94. The second-order valence-corrected chi connectivity index (χ2v) is 6.47. The van der Waals surface area contributed by atoms with Gasteiger partial charge in [-0.1, -0.05) is 35.2 Å². The summed E-state index contributed by atoms with van der Waals surface area (Å²) >= 11 is 3.61. The van der Waals surface area contributed by atoms with E-state index in [2.05, 4.69) is 57.4 Å². The van der Waals surface area contributed by atoms with E-state index >= 15 is 0 Å². The van der Waals surface area contributed by atoms with Gasteiger partial charge in [-0.2, -0.15) is 4.68 Å². The van der Waals surface area contributed by atoms with Gasteiger partial charge < -0.3 is 0 Å². The zero-order chi connectivity index (χ0) is 14.1. The van der Waals surface area contributed by atoms with Gasteiger partial charge in [0.25, 0.3) is 0 Å². The first-order chi connectivity index (χ1) is 9.66. The van der Waals surface area contributed by atoms with Gasteiger partial charge in [0, 0.05) is 10.4 Å². The Morgan fingerprint density at radius 2 is 1.75 bits per heavy atom. The molecule has 0 saturated heterocycles. The summed E-state index contributed by atoms with van der Waals surface area (Å²) in [6, 6.07) is 4.28. The summed E-state index contributed by atoms with van der Waals surface area (Å²) in [5.74, 6) is 1.52. The van der Waals surface area contributed by atoms with Crippen molar-refractivity contribution < 1.29 is 0 Å². The minimum atomic E-state index is 0.503. The number of aryl methyl sites for hydroxylation is 2. The number of halogens is 1. The molecule has 0 amide bonds. The fourth-order valence-electron chi connectivity index (χ4n) is 3.04. The smallest absolute Gasteiger partial charge is 0.159 e. The minimum Gasteiger partial charge on any atom is -0.197 e. The summed E-state index contributed by atoms with van der Waals surface area (Å²) in [5, 5.41) is 12.4. The lowest BCUT2D eigenvalue weighted by atomic mass is 9.88. The van der Waals surface area contributed by atoms with Gasteiger partial charge in [-0.3, -0.25) is 0 Å². The van der Waals surface area contributed by atoms with Crippen molar-refractivity contribution in [1.82, 2.24) is 20.2 Å². The molecule has 0 spiro atoms. The summed E-state index contributed by atoms with van der Waals surface area (Å²) in [4.78, 5) is 0. The molecule has 2 aromatic rings. The lowest BCUT2D eigenvalue weighted by molar-refractivity contribution is 0.422. The van der Waals surface area contributed by atoms with Crippen LogP contribution >= 0.6 is 15.9 Å². The van der Waals surface area contributed by atoms with Crippen LogP contribution in [0.15, 0.2) is 16.6 Å². The molecule has 1 saturated carbocycles. The van der Waals surface area contributed by atoms with Gasteiger partial charge in [-0.05, 0) is 60.4 Å². The van der Waals surface area contributed by atoms with Crippen LogP contribution in [-0.4, -0.2) is 20.2 Å². The highest BCUT2D eigenvalue weighted by molar-refractivity contribution is 9.10. The Labute approximate surface area is 127 Å². The van der Waals surface area contributed by atoms with E-state index in [9.17, 15) is 0 Å². The standard InChI is InChI=1S/C15H19BrN4/c1-10-8-13(9-11(2)14(10)16)20-15(17-18-19-20)12-6-4-3-5-7-12/h8-9,12H,3-7H2,1-2H3. The van der Waals surface area contributed by atoms with E-state index in [1.54, 1.807) is 0 Å². The molecule has 1 aromatic heterocycles. The third kappa shape index (κ3) is 2.51. The molecule has 106 valence electrons. The highest BCUT2D eigenvalue weighted by Crippen LogP contribution is 2.32. The normalized spacial score (nSPS) is 16.6. The van der Waals surface area contributed by atoms with Crippen molar-refractivity contribution in [3.05, 3.63) is 33.6 Å². The zero-order valence-corrected chi connectivity index (χ0v) is 13.5. The van der Waals surface area contributed by atoms with Crippen LogP contribution in [0.1, 0.15) is 55.0 Å². The number of benzene rings is 1. The molecular weight excluding hydrogens is 316 g/mol. The van der Waals surface area contributed by atoms with E-state index in [0.717, 1.165) is 16.0 Å². The van der Waals surface area contributed by atoms with Crippen LogP contribution in [0.4, 0.5) is 0 Å². The molecule has 3 rings (SSSR count). The van der Waals surface area contributed by atoms with Crippen molar-refractivity contribution in [2.45, 2.75) is 51.9 Å². The number of aromatic nitrogens is 4. The number of nitrogens with zero attached hydrogens (tertiary/aromatic N) is 4. The summed E-state index contributed by atoms with van der Waals surface area (Å²) in [5.41, 5.74) is 3.49.